The second-order valence-corrected chi connectivity index (χ2v) is 7.76. The van der Waals surface area contributed by atoms with Gasteiger partial charge in [0.1, 0.15) is 17.3 Å². The van der Waals surface area contributed by atoms with Crippen molar-refractivity contribution in [1.82, 2.24) is 9.47 Å². The van der Waals surface area contributed by atoms with Gasteiger partial charge < -0.3 is 28.8 Å². The molecule has 33 heavy (non-hydrogen) atoms. The van der Waals surface area contributed by atoms with E-state index in [1.54, 1.807) is 18.2 Å². The van der Waals surface area contributed by atoms with Gasteiger partial charge in [-0.1, -0.05) is 18.2 Å². The number of benzene rings is 2. The third kappa shape index (κ3) is 3.72. The van der Waals surface area contributed by atoms with Crippen LogP contribution >= 0.6 is 0 Å². The number of aliphatic hydroxyl groups excluding tert-OH is 1. The van der Waals surface area contributed by atoms with Crippen molar-refractivity contribution < 1.29 is 28.9 Å². The van der Waals surface area contributed by atoms with Gasteiger partial charge in [0.05, 0.1) is 38.0 Å². The summed E-state index contributed by atoms with van der Waals surface area (Å²) in [6.07, 6.45) is 1.89. The fourth-order valence-corrected chi connectivity index (χ4v) is 4.35. The second kappa shape index (κ2) is 8.99. The highest BCUT2D eigenvalue weighted by Gasteiger charge is 2.47. The molecule has 0 spiro atoms. The first-order chi connectivity index (χ1) is 15.9. The molecule has 3 aromatic rings. The number of aromatic nitrogens is 1. The molecular weight excluding hydrogens is 424 g/mol. The van der Waals surface area contributed by atoms with Gasteiger partial charge in [0.15, 0.2) is 0 Å². The van der Waals surface area contributed by atoms with Crippen molar-refractivity contribution in [3.8, 4) is 11.5 Å². The van der Waals surface area contributed by atoms with Crippen LogP contribution in [0.15, 0.2) is 54.2 Å². The van der Waals surface area contributed by atoms with Gasteiger partial charge in [-0.3, -0.25) is 9.59 Å². The molecule has 1 N–H and O–H groups in total. The topological polar surface area (TPSA) is 90.2 Å². The van der Waals surface area contributed by atoms with Crippen LogP contribution in [0.5, 0.6) is 11.5 Å². The highest BCUT2D eigenvalue weighted by atomic mass is 16.5. The number of ether oxygens (including phenoxy) is 3. The van der Waals surface area contributed by atoms with E-state index in [1.165, 1.54) is 26.2 Å². The van der Waals surface area contributed by atoms with Crippen LogP contribution in [0.3, 0.4) is 0 Å². The lowest BCUT2D eigenvalue weighted by atomic mass is 9.94. The third-order valence-corrected chi connectivity index (χ3v) is 5.96. The largest absolute Gasteiger partial charge is 0.507 e. The predicted molar refractivity (Wildman–Crippen MR) is 123 cm³/mol. The maximum atomic E-state index is 13.2. The average Bonchev–Trinajstić information content (AvgIpc) is 3.30. The highest BCUT2D eigenvalue weighted by Crippen LogP contribution is 2.43. The van der Waals surface area contributed by atoms with Crippen molar-refractivity contribution in [2.75, 3.05) is 34.5 Å². The van der Waals surface area contributed by atoms with E-state index in [0.717, 1.165) is 16.5 Å². The van der Waals surface area contributed by atoms with Crippen molar-refractivity contribution in [2.45, 2.75) is 6.04 Å². The van der Waals surface area contributed by atoms with E-state index in [0.29, 0.717) is 17.1 Å². The molecule has 0 radical (unpaired) electrons. The molecule has 4 rings (SSSR count). The zero-order valence-electron chi connectivity index (χ0n) is 19.0. The van der Waals surface area contributed by atoms with Crippen LogP contribution in [-0.2, 0) is 21.4 Å². The maximum Gasteiger partial charge on any atom is 0.295 e. The zero-order chi connectivity index (χ0) is 23.7. The first-order valence-corrected chi connectivity index (χ1v) is 10.5. The van der Waals surface area contributed by atoms with Crippen LogP contribution < -0.4 is 9.47 Å². The normalized spacial score (nSPS) is 17.7. The van der Waals surface area contributed by atoms with Crippen LogP contribution in [-0.4, -0.2) is 60.7 Å². The lowest BCUT2D eigenvalue weighted by molar-refractivity contribution is -0.140. The lowest BCUT2D eigenvalue weighted by Crippen LogP contribution is -2.32. The molecule has 0 aliphatic carbocycles. The summed E-state index contributed by atoms with van der Waals surface area (Å²) >= 11 is 0. The number of aliphatic hydroxyl groups is 1. The summed E-state index contributed by atoms with van der Waals surface area (Å²) in [6.45, 7) is 0.450. The van der Waals surface area contributed by atoms with Crippen molar-refractivity contribution in [3.05, 3.63) is 65.4 Å². The van der Waals surface area contributed by atoms with Crippen LogP contribution in [0.2, 0.25) is 0 Å². The number of likely N-dealkylation sites (tertiary alicyclic amines) is 1. The van der Waals surface area contributed by atoms with Crippen molar-refractivity contribution in [3.63, 3.8) is 0 Å². The minimum absolute atomic E-state index is 0.0101. The average molecular weight is 450 g/mol. The molecule has 1 amide bonds. The molecule has 2 heterocycles. The molecule has 8 nitrogen and oxygen atoms in total. The highest BCUT2D eigenvalue weighted by molar-refractivity contribution is 6.46. The van der Waals surface area contributed by atoms with Gasteiger partial charge in [0.25, 0.3) is 11.7 Å². The van der Waals surface area contributed by atoms with Gasteiger partial charge in [-0.25, -0.2) is 0 Å². The first-order valence-electron chi connectivity index (χ1n) is 10.5. The Hall–Kier alpha value is -3.78. The fourth-order valence-electron chi connectivity index (χ4n) is 4.35. The Kier molecular flexibility index (Phi) is 6.11. The number of hydrogen-bond acceptors (Lipinski definition) is 6. The molecule has 8 heteroatoms. The number of aryl methyl sites for hydroxylation is 1. The van der Waals surface area contributed by atoms with Crippen LogP contribution in [0.4, 0.5) is 0 Å². The van der Waals surface area contributed by atoms with Crippen LogP contribution in [0, 0.1) is 0 Å². The number of carbonyl (C=O) groups is 2. The van der Waals surface area contributed by atoms with E-state index in [1.807, 2.05) is 42.1 Å². The smallest absolute Gasteiger partial charge is 0.295 e. The Labute approximate surface area is 191 Å². The van der Waals surface area contributed by atoms with Gasteiger partial charge in [0.2, 0.25) is 0 Å². The predicted octanol–water partition coefficient (Wildman–Crippen LogP) is 3.26. The van der Waals surface area contributed by atoms with Crippen LogP contribution in [0.1, 0.15) is 17.2 Å². The number of nitrogens with zero attached hydrogens (tertiary/aromatic N) is 2. The molecule has 1 unspecified atom stereocenters. The van der Waals surface area contributed by atoms with Crippen molar-refractivity contribution in [2.24, 2.45) is 7.05 Å². The molecule has 172 valence electrons. The van der Waals surface area contributed by atoms with E-state index in [4.69, 9.17) is 14.2 Å². The van der Waals surface area contributed by atoms with Crippen molar-refractivity contribution in [1.29, 1.82) is 0 Å². The summed E-state index contributed by atoms with van der Waals surface area (Å²) in [4.78, 5) is 27.7. The van der Waals surface area contributed by atoms with Gasteiger partial charge in [-0.2, -0.15) is 0 Å². The summed E-state index contributed by atoms with van der Waals surface area (Å²) < 4.78 is 17.8. The number of methoxy groups -OCH3 is 3. The number of amides is 1. The molecule has 2 aromatic carbocycles. The summed E-state index contributed by atoms with van der Waals surface area (Å²) in [7, 11) is 6.42. The standard InChI is InChI=1S/C25H26N2O6/c1-26-14-18(16-7-5-6-8-19(16)26)22-21(24(29)25(30)27(22)11-12-31-2)23(28)17-10-9-15(32-3)13-20(17)33-4/h5-10,13-14,22,28H,11-12H2,1-4H3/b23-21+. The van der Waals surface area contributed by atoms with Gasteiger partial charge >= 0.3 is 0 Å². The molecular formula is C25H26N2O6. The molecule has 1 aliphatic heterocycles. The molecule has 1 atom stereocenters. The van der Waals surface area contributed by atoms with E-state index in [-0.39, 0.29) is 24.5 Å². The Bertz CT molecular complexity index is 1260. The van der Waals surface area contributed by atoms with E-state index >= 15 is 0 Å². The molecule has 1 saturated heterocycles. The number of hydrogen-bond donors (Lipinski definition) is 1. The summed E-state index contributed by atoms with van der Waals surface area (Å²) in [5.74, 6) is -0.870. The number of carbonyl (C=O) groups excluding carboxylic acids is 2. The van der Waals surface area contributed by atoms with Gasteiger partial charge in [-0.05, 0) is 18.2 Å². The number of para-hydroxylation sites is 1. The SMILES string of the molecule is COCCN1C(=O)C(=O)/C(=C(/O)c2ccc(OC)cc2OC)C1c1cn(C)c2ccccc12. The van der Waals surface area contributed by atoms with E-state index < -0.39 is 17.7 Å². The van der Waals surface area contributed by atoms with E-state index in [2.05, 4.69) is 0 Å². The summed E-state index contributed by atoms with van der Waals surface area (Å²) in [5, 5.41) is 12.2. The number of rotatable bonds is 7. The fraction of sp³-hybridized carbons (Fsp3) is 0.280. The lowest BCUT2D eigenvalue weighted by Gasteiger charge is -2.24. The molecule has 0 bridgehead atoms. The third-order valence-electron chi connectivity index (χ3n) is 5.96. The zero-order valence-corrected chi connectivity index (χ0v) is 19.0. The number of ketones is 1. The minimum Gasteiger partial charge on any atom is -0.507 e. The Balaban J connectivity index is 1.97. The molecule has 1 aromatic heterocycles. The van der Waals surface area contributed by atoms with Gasteiger partial charge in [0, 0.05) is 49.4 Å². The Morgan fingerprint density at radius 3 is 2.52 bits per heavy atom. The maximum absolute atomic E-state index is 13.2. The van der Waals surface area contributed by atoms with Gasteiger partial charge in [-0.15, -0.1) is 0 Å². The van der Waals surface area contributed by atoms with E-state index in [9.17, 15) is 14.7 Å². The summed E-state index contributed by atoms with van der Waals surface area (Å²) in [5.41, 5.74) is 2.01. The molecule has 0 saturated carbocycles. The molecule has 1 fully saturated rings. The van der Waals surface area contributed by atoms with Crippen LogP contribution in [0.25, 0.3) is 16.7 Å². The minimum atomic E-state index is -0.780. The molecule has 1 aliphatic rings. The Morgan fingerprint density at radius 2 is 1.82 bits per heavy atom. The monoisotopic (exact) mass is 450 g/mol. The first kappa shape index (κ1) is 22.4. The summed E-state index contributed by atoms with van der Waals surface area (Å²) in [6, 6.07) is 11.8. The quantitative estimate of drug-likeness (QED) is 0.338. The Morgan fingerprint density at radius 1 is 1.06 bits per heavy atom. The second-order valence-electron chi connectivity index (χ2n) is 7.76. The van der Waals surface area contributed by atoms with Crippen molar-refractivity contribution >= 4 is 28.4 Å². The number of fused-ring (bicyclic) bond motifs is 1. The number of Topliss-reactive ketones (excluding diaryl/α,β-unsaturated/α-hetero) is 1.